The van der Waals surface area contributed by atoms with Crippen LogP contribution in [0, 0.1) is 5.92 Å². The molecule has 0 radical (unpaired) electrons. The summed E-state index contributed by atoms with van der Waals surface area (Å²) in [5, 5.41) is 2.87. The molecule has 1 atom stereocenters. The molecule has 0 spiro atoms. The first-order valence-corrected chi connectivity index (χ1v) is 8.87. The number of likely N-dealkylation sites (tertiary alicyclic amines) is 1. The molecule has 27 heavy (non-hydrogen) atoms. The minimum Gasteiger partial charge on any atom is -0.493 e. The van der Waals surface area contributed by atoms with Crippen molar-refractivity contribution in [2.45, 2.75) is 13.0 Å². The number of carbonyl (C=O) groups excluding carboxylic acids is 2. The van der Waals surface area contributed by atoms with Gasteiger partial charge in [-0.3, -0.25) is 14.6 Å². The Morgan fingerprint density at radius 1 is 1.26 bits per heavy atom. The van der Waals surface area contributed by atoms with Crippen molar-refractivity contribution in [3.63, 3.8) is 0 Å². The van der Waals surface area contributed by atoms with Gasteiger partial charge in [-0.15, -0.1) is 0 Å². The van der Waals surface area contributed by atoms with Crippen molar-refractivity contribution in [2.75, 3.05) is 26.8 Å². The van der Waals surface area contributed by atoms with Crippen LogP contribution in [0.4, 0.5) is 0 Å². The molecule has 2 amide bonds. The lowest BCUT2D eigenvalue weighted by molar-refractivity contribution is -0.129. The number of rotatable bonds is 8. The number of ether oxygens (including phenoxy) is 2. The molecule has 1 fully saturated rings. The van der Waals surface area contributed by atoms with Gasteiger partial charge in [-0.25, -0.2) is 0 Å². The van der Waals surface area contributed by atoms with Crippen molar-refractivity contribution in [3.05, 3.63) is 54.4 Å². The van der Waals surface area contributed by atoms with Crippen LogP contribution in [-0.4, -0.2) is 48.5 Å². The molecule has 1 saturated heterocycles. The van der Waals surface area contributed by atoms with Crippen LogP contribution >= 0.6 is 0 Å². The molecule has 3 rings (SSSR count). The van der Waals surface area contributed by atoms with Crippen LogP contribution < -0.4 is 14.8 Å². The summed E-state index contributed by atoms with van der Waals surface area (Å²) in [6.07, 6.45) is 3.63. The Kier molecular flexibility index (Phi) is 6.25. The minimum atomic E-state index is -0.333. The fourth-order valence-electron chi connectivity index (χ4n) is 3.00. The lowest BCUT2D eigenvalue weighted by atomic mass is 10.1. The quantitative estimate of drug-likeness (QED) is 0.765. The van der Waals surface area contributed by atoms with Crippen LogP contribution in [0.1, 0.15) is 12.0 Å². The number of carbonyl (C=O) groups is 2. The first-order chi connectivity index (χ1) is 13.2. The largest absolute Gasteiger partial charge is 0.493 e. The van der Waals surface area contributed by atoms with E-state index in [0.717, 1.165) is 5.56 Å². The van der Waals surface area contributed by atoms with Crippen molar-refractivity contribution >= 4 is 11.8 Å². The van der Waals surface area contributed by atoms with E-state index < -0.39 is 0 Å². The number of benzene rings is 1. The zero-order chi connectivity index (χ0) is 19.1. The molecule has 142 valence electrons. The second-order valence-electron chi connectivity index (χ2n) is 6.32. The summed E-state index contributed by atoms with van der Waals surface area (Å²) in [6, 6.07) is 11.1. The molecule has 0 saturated carbocycles. The summed E-state index contributed by atoms with van der Waals surface area (Å²) in [7, 11) is 1.58. The summed E-state index contributed by atoms with van der Waals surface area (Å²) >= 11 is 0. The molecular weight excluding hydrogens is 346 g/mol. The zero-order valence-corrected chi connectivity index (χ0v) is 15.3. The molecule has 7 nitrogen and oxygen atoms in total. The predicted molar refractivity (Wildman–Crippen MR) is 99.3 cm³/mol. The number of aromatic nitrogens is 1. The second kappa shape index (κ2) is 9.02. The van der Waals surface area contributed by atoms with Crippen LogP contribution in [0.25, 0.3) is 0 Å². The summed E-state index contributed by atoms with van der Waals surface area (Å²) in [4.78, 5) is 30.2. The van der Waals surface area contributed by atoms with E-state index in [1.165, 1.54) is 0 Å². The lowest BCUT2D eigenvalue weighted by Gasteiger charge is -2.17. The molecule has 1 aromatic heterocycles. The van der Waals surface area contributed by atoms with Crippen molar-refractivity contribution < 1.29 is 19.1 Å². The van der Waals surface area contributed by atoms with Gasteiger partial charge in [-0.2, -0.15) is 0 Å². The number of methoxy groups -OCH3 is 1. The molecule has 2 aromatic rings. The van der Waals surface area contributed by atoms with E-state index in [0.29, 0.717) is 37.7 Å². The highest BCUT2D eigenvalue weighted by Gasteiger charge is 2.33. The topological polar surface area (TPSA) is 80.8 Å². The predicted octanol–water partition coefficient (Wildman–Crippen LogP) is 1.63. The molecule has 2 heterocycles. The summed E-state index contributed by atoms with van der Waals surface area (Å²) < 4.78 is 11.0. The maximum atomic E-state index is 12.3. The Hall–Kier alpha value is -3.09. The highest BCUT2D eigenvalue weighted by atomic mass is 16.5. The number of para-hydroxylation sites is 2. The first-order valence-electron chi connectivity index (χ1n) is 8.87. The van der Waals surface area contributed by atoms with Gasteiger partial charge in [0.25, 0.3) is 0 Å². The van der Waals surface area contributed by atoms with Gasteiger partial charge >= 0.3 is 0 Å². The number of hydrogen-bond donors (Lipinski definition) is 1. The highest BCUT2D eigenvalue weighted by molar-refractivity contribution is 5.89. The zero-order valence-electron chi connectivity index (χ0n) is 15.3. The summed E-state index contributed by atoms with van der Waals surface area (Å²) in [5.74, 6) is 0.816. The Balaban J connectivity index is 1.45. The number of amides is 2. The molecule has 1 aliphatic rings. The third kappa shape index (κ3) is 4.97. The van der Waals surface area contributed by atoms with Gasteiger partial charge < -0.3 is 19.7 Å². The Morgan fingerprint density at radius 2 is 2.07 bits per heavy atom. The Bertz CT molecular complexity index is 782. The number of nitrogens with one attached hydrogen (secondary N) is 1. The maximum absolute atomic E-state index is 12.3. The average Bonchev–Trinajstić information content (AvgIpc) is 3.08. The molecule has 1 aromatic carbocycles. The van der Waals surface area contributed by atoms with E-state index in [4.69, 9.17) is 9.47 Å². The second-order valence-corrected chi connectivity index (χ2v) is 6.32. The fourth-order valence-corrected chi connectivity index (χ4v) is 3.00. The lowest BCUT2D eigenvalue weighted by Crippen LogP contribution is -2.34. The van der Waals surface area contributed by atoms with Gasteiger partial charge in [0.15, 0.2) is 11.5 Å². The van der Waals surface area contributed by atoms with Crippen LogP contribution in [-0.2, 0) is 16.1 Å². The first kappa shape index (κ1) is 18.7. The van der Waals surface area contributed by atoms with Crippen molar-refractivity contribution in [1.82, 2.24) is 15.2 Å². The van der Waals surface area contributed by atoms with Crippen molar-refractivity contribution in [3.8, 4) is 11.5 Å². The number of nitrogens with zero attached hydrogens (tertiary/aromatic N) is 2. The summed E-state index contributed by atoms with van der Waals surface area (Å²) in [6.45, 7) is 1.60. The molecular formula is C20H23N3O4. The minimum absolute atomic E-state index is 0.0276. The Labute approximate surface area is 158 Å². The van der Waals surface area contributed by atoms with E-state index in [-0.39, 0.29) is 24.2 Å². The highest BCUT2D eigenvalue weighted by Crippen LogP contribution is 2.26. The van der Waals surface area contributed by atoms with Crippen molar-refractivity contribution in [2.24, 2.45) is 5.92 Å². The van der Waals surface area contributed by atoms with E-state index in [1.807, 2.05) is 36.4 Å². The monoisotopic (exact) mass is 369 g/mol. The van der Waals surface area contributed by atoms with Gasteiger partial charge in [0.05, 0.1) is 19.6 Å². The van der Waals surface area contributed by atoms with Crippen LogP contribution in [0.5, 0.6) is 11.5 Å². The van der Waals surface area contributed by atoms with Gasteiger partial charge in [-0.05, 0) is 23.8 Å². The van der Waals surface area contributed by atoms with E-state index in [1.54, 1.807) is 24.4 Å². The molecule has 1 aliphatic heterocycles. The fraction of sp³-hybridized carbons (Fsp3) is 0.350. The smallest absolute Gasteiger partial charge is 0.225 e. The normalized spacial score (nSPS) is 16.3. The van der Waals surface area contributed by atoms with Crippen LogP contribution in [0.3, 0.4) is 0 Å². The molecule has 0 bridgehead atoms. The van der Waals surface area contributed by atoms with Gasteiger partial charge in [0.1, 0.15) is 6.61 Å². The number of hydrogen-bond acceptors (Lipinski definition) is 5. The molecule has 1 N–H and O–H groups in total. The third-order valence-electron chi connectivity index (χ3n) is 4.46. The molecule has 7 heteroatoms. The number of pyridine rings is 1. The van der Waals surface area contributed by atoms with Gasteiger partial charge in [0, 0.05) is 31.9 Å². The van der Waals surface area contributed by atoms with E-state index in [9.17, 15) is 9.59 Å². The van der Waals surface area contributed by atoms with Crippen molar-refractivity contribution in [1.29, 1.82) is 0 Å². The SMILES string of the molecule is COc1ccccc1OCCN1C[C@@H](C(=O)NCc2cccnc2)CC1=O. The van der Waals surface area contributed by atoms with E-state index >= 15 is 0 Å². The van der Waals surface area contributed by atoms with Gasteiger partial charge in [-0.1, -0.05) is 18.2 Å². The maximum Gasteiger partial charge on any atom is 0.225 e. The average molecular weight is 369 g/mol. The van der Waals surface area contributed by atoms with Gasteiger partial charge in [0.2, 0.25) is 11.8 Å². The Morgan fingerprint density at radius 3 is 2.81 bits per heavy atom. The third-order valence-corrected chi connectivity index (χ3v) is 4.46. The summed E-state index contributed by atoms with van der Waals surface area (Å²) in [5.41, 5.74) is 0.928. The molecule has 0 aliphatic carbocycles. The van der Waals surface area contributed by atoms with E-state index in [2.05, 4.69) is 10.3 Å². The van der Waals surface area contributed by atoms with Crippen LogP contribution in [0.2, 0.25) is 0 Å². The van der Waals surface area contributed by atoms with Crippen LogP contribution in [0.15, 0.2) is 48.8 Å². The molecule has 0 unspecified atom stereocenters. The standard InChI is InChI=1S/C20H23N3O4/c1-26-17-6-2-3-7-18(17)27-10-9-23-14-16(11-19(23)24)20(25)22-13-15-5-4-8-21-12-15/h2-8,12,16H,9-11,13-14H2,1H3,(H,22,25)/t16-/m0/s1.